The summed E-state index contributed by atoms with van der Waals surface area (Å²) in [4.78, 5) is 27.0. The fourth-order valence-electron chi connectivity index (χ4n) is 1.72. The molecule has 1 amide bonds. The molecule has 8 nitrogen and oxygen atoms in total. The summed E-state index contributed by atoms with van der Waals surface area (Å²) < 4.78 is 20.8. The van der Waals surface area contributed by atoms with E-state index in [-0.39, 0.29) is 19.0 Å². The van der Waals surface area contributed by atoms with Crippen LogP contribution in [-0.2, 0) is 35.2 Å². The maximum absolute atomic E-state index is 11.4. The van der Waals surface area contributed by atoms with E-state index in [1.54, 1.807) is 0 Å². The SMILES string of the molecule is CC(=O)CCOCCOCCOCCONC(=O)OCc1ccccc1. The van der Waals surface area contributed by atoms with Gasteiger partial charge in [0.15, 0.2) is 0 Å². The number of ether oxygens (including phenoxy) is 4. The Bertz CT molecular complexity index is 496. The number of ketones is 1. The molecule has 0 heterocycles. The van der Waals surface area contributed by atoms with Crippen molar-refractivity contribution in [3.8, 4) is 0 Å². The van der Waals surface area contributed by atoms with E-state index >= 15 is 0 Å². The van der Waals surface area contributed by atoms with Crippen LogP contribution in [0.4, 0.5) is 4.79 Å². The molecule has 0 aliphatic carbocycles. The minimum atomic E-state index is -0.651. The fraction of sp³-hybridized carbons (Fsp3) is 0.556. The van der Waals surface area contributed by atoms with Crippen molar-refractivity contribution in [2.45, 2.75) is 20.0 Å². The average molecular weight is 369 g/mol. The molecule has 0 aliphatic rings. The second kappa shape index (κ2) is 15.3. The number of benzene rings is 1. The molecule has 0 radical (unpaired) electrons. The molecule has 8 heteroatoms. The van der Waals surface area contributed by atoms with Gasteiger partial charge < -0.3 is 18.9 Å². The highest BCUT2D eigenvalue weighted by Gasteiger charge is 2.02. The third-order valence-electron chi connectivity index (χ3n) is 3.04. The van der Waals surface area contributed by atoms with E-state index in [1.807, 2.05) is 30.3 Å². The monoisotopic (exact) mass is 369 g/mol. The minimum absolute atomic E-state index is 0.112. The lowest BCUT2D eigenvalue weighted by atomic mass is 10.2. The quantitative estimate of drug-likeness (QED) is 0.373. The first-order chi connectivity index (χ1) is 12.7. The minimum Gasteiger partial charge on any atom is -0.443 e. The molecule has 0 aliphatic heterocycles. The Balaban J connectivity index is 1.80. The zero-order valence-corrected chi connectivity index (χ0v) is 15.1. The van der Waals surface area contributed by atoms with Crippen molar-refractivity contribution in [1.29, 1.82) is 0 Å². The number of hydroxylamine groups is 1. The molecule has 0 fully saturated rings. The Morgan fingerprint density at radius 3 is 2.04 bits per heavy atom. The number of hydrogen-bond acceptors (Lipinski definition) is 7. The van der Waals surface area contributed by atoms with Crippen LogP contribution in [0.25, 0.3) is 0 Å². The van der Waals surface area contributed by atoms with Gasteiger partial charge in [0.25, 0.3) is 0 Å². The molecule has 0 saturated heterocycles. The predicted octanol–water partition coefficient (Wildman–Crippen LogP) is 1.87. The first kappa shape index (κ1) is 22.0. The maximum atomic E-state index is 11.4. The molecule has 146 valence electrons. The molecule has 0 aromatic heterocycles. The molecule has 1 rings (SSSR count). The van der Waals surface area contributed by atoms with E-state index in [1.165, 1.54) is 6.92 Å². The number of nitrogens with one attached hydrogen (secondary N) is 1. The largest absolute Gasteiger partial charge is 0.443 e. The first-order valence-corrected chi connectivity index (χ1v) is 8.49. The standard InChI is InChI=1S/C18H27NO7/c1-16(20)7-8-22-9-10-23-11-12-24-13-14-26-19-18(21)25-15-17-5-3-2-4-6-17/h2-6H,7-15H2,1H3,(H,19,21). The summed E-state index contributed by atoms with van der Waals surface area (Å²) >= 11 is 0. The molecule has 0 saturated carbocycles. The van der Waals surface area contributed by atoms with Crippen LogP contribution in [0.3, 0.4) is 0 Å². The van der Waals surface area contributed by atoms with Crippen molar-refractivity contribution in [3.05, 3.63) is 35.9 Å². The molecule has 1 aromatic rings. The van der Waals surface area contributed by atoms with Crippen molar-refractivity contribution in [2.24, 2.45) is 0 Å². The normalized spacial score (nSPS) is 10.5. The molecule has 26 heavy (non-hydrogen) atoms. The van der Waals surface area contributed by atoms with Gasteiger partial charge in [0, 0.05) is 6.42 Å². The molecule has 0 unspecified atom stereocenters. The summed E-state index contributed by atoms with van der Waals surface area (Å²) in [5.41, 5.74) is 3.08. The number of rotatable bonds is 15. The summed E-state index contributed by atoms with van der Waals surface area (Å²) in [5, 5.41) is 0. The van der Waals surface area contributed by atoms with Gasteiger partial charge in [0.1, 0.15) is 12.4 Å². The lowest BCUT2D eigenvalue weighted by Crippen LogP contribution is -2.26. The van der Waals surface area contributed by atoms with E-state index in [0.717, 1.165) is 5.56 Å². The lowest BCUT2D eigenvalue weighted by molar-refractivity contribution is -0.118. The van der Waals surface area contributed by atoms with Gasteiger partial charge in [-0.25, -0.2) is 4.79 Å². The van der Waals surface area contributed by atoms with E-state index < -0.39 is 6.09 Å². The van der Waals surface area contributed by atoms with Gasteiger partial charge in [-0.2, -0.15) is 5.48 Å². The summed E-state index contributed by atoms with van der Waals surface area (Å²) in [6, 6.07) is 9.36. The summed E-state index contributed by atoms with van der Waals surface area (Å²) in [6.07, 6.45) is -0.223. The Hall–Kier alpha value is -2.00. The van der Waals surface area contributed by atoms with Gasteiger partial charge in [-0.05, 0) is 12.5 Å². The zero-order chi connectivity index (χ0) is 18.9. The Labute approximate surface area is 153 Å². The van der Waals surface area contributed by atoms with Crippen molar-refractivity contribution in [2.75, 3.05) is 46.2 Å². The summed E-state index contributed by atoms with van der Waals surface area (Å²) in [5.74, 6) is 0.112. The van der Waals surface area contributed by atoms with Crippen LogP contribution in [0.2, 0.25) is 0 Å². The highest BCUT2D eigenvalue weighted by Crippen LogP contribution is 2.00. The van der Waals surface area contributed by atoms with Crippen LogP contribution in [0.5, 0.6) is 0 Å². The van der Waals surface area contributed by atoms with Crippen molar-refractivity contribution in [3.63, 3.8) is 0 Å². The van der Waals surface area contributed by atoms with Crippen molar-refractivity contribution < 1.29 is 33.4 Å². The van der Waals surface area contributed by atoms with Crippen molar-refractivity contribution >= 4 is 11.9 Å². The van der Waals surface area contributed by atoms with Crippen LogP contribution >= 0.6 is 0 Å². The van der Waals surface area contributed by atoms with Crippen LogP contribution in [0, 0.1) is 0 Å². The smallest absolute Gasteiger partial charge is 0.431 e. The van der Waals surface area contributed by atoms with E-state index in [4.69, 9.17) is 23.8 Å². The molecule has 0 bridgehead atoms. The topological polar surface area (TPSA) is 92.3 Å². The average Bonchev–Trinajstić information content (AvgIpc) is 2.64. The van der Waals surface area contributed by atoms with E-state index in [2.05, 4.69) is 5.48 Å². The maximum Gasteiger partial charge on any atom is 0.431 e. The zero-order valence-electron chi connectivity index (χ0n) is 15.1. The van der Waals surface area contributed by atoms with E-state index in [9.17, 15) is 9.59 Å². The van der Waals surface area contributed by atoms with E-state index in [0.29, 0.717) is 46.1 Å². The van der Waals surface area contributed by atoms with Gasteiger partial charge in [-0.3, -0.25) is 9.63 Å². The van der Waals surface area contributed by atoms with Crippen LogP contribution in [0.15, 0.2) is 30.3 Å². The van der Waals surface area contributed by atoms with Gasteiger partial charge in [0.05, 0.1) is 46.2 Å². The Morgan fingerprint density at radius 2 is 1.42 bits per heavy atom. The van der Waals surface area contributed by atoms with Gasteiger partial charge in [-0.1, -0.05) is 30.3 Å². The molecule has 0 atom stereocenters. The number of carbonyl (C=O) groups is 2. The molecular formula is C18H27NO7. The van der Waals surface area contributed by atoms with Crippen LogP contribution in [0.1, 0.15) is 18.9 Å². The number of amides is 1. The highest BCUT2D eigenvalue weighted by atomic mass is 16.7. The fourth-order valence-corrected chi connectivity index (χ4v) is 1.72. The molecule has 0 spiro atoms. The highest BCUT2D eigenvalue weighted by molar-refractivity contribution is 5.75. The molecule has 1 aromatic carbocycles. The van der Waals surface area contributed by atoms with Gasteiger partial charge >= 0.3 is 6.09 Å². The van der Waals surface area contributed by atoms with Crippen molar-refractivity contribution in [1.82, 2.24) is 5.48 Å². The Morgan fingerprint density at radius 1 is 0.846 bits per heavy atom. The third-order valence-corrected chi connectivity index (χ3v) is 3.04. The van der Waals surface area contributed by atoms with Crippen LogP contribution < -0.4 is 5.48 Å². The lowest BCUT2D eigenvalue weighted by Gasteiger charge is -2.08. The second-order valence-electron chi connectivity index (χ2n) is 5.30. The van der Waals surface area contributed by atoms with Gasteiger partial charge in [0.2, 0.25) is 0 Å². The Kier molecular flexibility index (Phi) is 12.9. The summed E-state index contributed by atoms with van der Waals surface area (Å²) in [6.45, 7) is 4.40. The second-order valence-corrected chi connectivity index (χ2v) is 5.30. The number of carbonyl (C=O) groups excluding carboxylic acids is 2. The third kappa shape index (κ3) is 13.3. The predicted molar refractivity (Wildman–Crippen MR) is 93.5 cm³/mol. The molecule has 1 N–H and O–H groups in total. The first-order valence-electron chi connectivity index (χ1n) is 8.49. The number of hydrogen-bond donors (Lipinski definition) is 1. The molecular weight excluding hydrogens is 342 g/mol. The van der Waals surface area contributed by atoms with Gasteiger partial charge in [-0.15, -0.1) is 0 Å². The number of Topliss-reactive ketones (excluding diaryl/α,β-unsaturated/α-hetero) is 1. The van der Waals surface area contributed by atoms with Crippen LogP contribution in [-0.4, -0.2) is 58.1 Å². The summed E-state index contributed by atoms with van der Waals surface area (Å²) in [7, 11) is 0.